The average molecular weight is 461 g/mol. The van der Waals surface area contributed by atoms with E-state index in [9.17, 15) is 13.2 Å². The first kappa shape index (κ1) is 22.4. The number of methoxy groups -OCH3 is 1. The molecule has 0 aliphatic rings. The van der Waals surface area contributed by atoms with Crippen molar-refractivity contribution in [3.8, 4) is 5.75 Å². The topological polar surface area (TPSA) is 75.7 Å². The standard InChI is InChI=1S/C26H24N2O4S/c1-19-10-14-25(15-11-19)33(30,31)28(23-8-5-9-24(17-23)32-2)18-26(29)27-22-13-12-20-6-3-4-7-21(20)16-22/h3-17H,18H2,1-2H3,(H,27,29). The number of amides is 1. The quantitative estimate of drug-likeness (QED) is 0.422. The number of carbonyl (C=O) groups excluding carboxylic acids is 1. The minimum Gasteiger partial charge on any atom is -0.497 e. The van der Waals surface area contributed by atoms with Crippen LogP contribution in [0.15, 0.2) is 95.9 Å². The Morgan fingerprint density at radius 2 is 1.61 bits per heavy atom. The summed E-state index contributed by atoms with van der Waals surface area (Å²) in [5.74, 6) is 0.0373. The van der Waals surface area contributed by atoms with Crippen LogP contribution in [0.1, 0.15) is 5.56 Å². The Morgan fingerprint density at radius 3 is 2.33 bits per heavy atom. The van der Waals surface area contributed by atoms with E-state index in [0.29, 0.717) is 17.1 Å². The summed E-state index contributed by atoms with van der Waals surface area (Å²) in [5, 5.41) is 4.85. The van der Waals surface area contributed by atoms with Gasteiger partial charge in [-0.2, -0.15) is 0 Å². The molecule has 0 heterocycles. The zero-order chi connectivity index (χ0) is 23.4. The molecule has 0 aliphatic heterocycles. The second-order valence-corrected chi connectivity index (χ2v) is 9.50. The van der Waals surface area contributed by atoms with Crippen LogP contribution in [0.5, 0.6) is 5.75 Å². The molecule has 0 radical (unpaired) electrons. The summed E-state index contributed by atoms with van der Waals surface area (Å²) in [4.78, 5) is 13.1. The summed E-state index contributed by atoms with van der Waals surface area (Å²) in [6.07, 6.45) is 0. The van der Waals surface area contributed by atoms with Crippen molar-refractivity contribution in [2.75, 3.05) is 23.3 Å². The summed E-state index contributed by atoms with van der Waals surface area (Å²) in [6, 6.07) is 26.5. The molecule has 0 aromatic heterocycles. The van der Waals surface area contributed by atoms with Crippen LogP contribution in [-0.2, 0) is 14.8 Å². The van der Waals surface area contributed by atoms with Gasteiger partial charge in [0.2, 0.25) is 5.91 Å². The van der Waals surface area contributed by atoms with E-state index < -0.39 is 22.5 Å². The largest absolute Gasteiger partial charge is 0.497 e. The average Bonchev–Trinajstić information content (AvgIpc) is 2.82. The maximum Gasteiger partial charge on any atom is 0.264 e. The van der Waals surface area contributed by atoms with E-state index in [1.54, 1.807) is 54.6 Å². The molecule has 4 aromatic carbocycles. The summed E-state index contributed by atoms with van der Waals surface area (Å²) >= 11 is 0. The van der Waals surface area contributed by atoms with Gasteiger partial charge in [-0.15, -0.1) is 0 Å². The highest BCUT2D eigenvalue weighted by Gasteiger charge is 2.27. The van der Waals surface area contributed by atoms with Crippen LogP contribution in [0.2, 0.25) is 0 Å². The number of sulfonamides is 1. The fourth-order valence-corrected chi connectivity index (χ4v) is 4.93. The predicted octanol–water partition coefficient (Wildman–Crippen LogP) is 4.99. The van der Waals surface area contributed by atoms with Crippen LogP contribution < -0.4 is 14.4 Å². The number of hydrogen-bond acceptors (Lipinski definition) is 4. The molecule has 168 valence electrons. The number of aryl methyl sites for hydroxylation is 1. The molecule has 0 saturated carbocycles. The van der Waals surface area contributed by atoms with Crippen LogP contribution in [-0.4, -0.2) is 28.0 Å². The van der Waals surface area contributed by atoms with Crippen molar-refractivity contribution in [1.29, 1.82) is 0 Å². The molecule has 4 rings (SSSR count). The van der Waals surface area contributed by atoms with Gasteiger partial charge in [0, 0.05) is 11.8 Å². The molecule has 1 N–H and O–H groups in total. The molecule has 6 nitrogen and oxygen atoms in total. The lowest BCUT2D eigenvalue weighted by Crippen LogP contribution is -2.38. The van der Waals surface area contributed by atoms with Gasteiger partial charge < -0.3 is 10.1 Å². The van der Waals surface area contributed by atoms with Gasteiger partial charge in [0.1, 0.15) is 12.3 Å². The maximum atomic E-state index is 13.5. The van der Waals surface area contributed by atoms with E-state index in [-0.39, 0.29) is 4.90 Å². The molecule has 0 unspecified atom stereocenters. The van der Waals surface area contributed by atoms with Gasteiger partial charge in [-0.3, -0.25) is 9.10 Å². The second-order valence-electron chi connectivity index (χ2n) is 7.64. The maximum absolute atomic E-state index is 13.5. The molecular formula is C26H24N2O4S. The molecule has 0 spiro atoms. The second kappa shape index (κ2) is 9.34. The lowest BCUT2D eigenvalue weighted by atomic mass is 10.1. The fourth-order valence-electron chi connectivity index (χ4n) is 3.52. The van der Waals surface area contributed by atoms with Gasteiger partial charge in [-0.05, 0) is 54.1 Å². The van der Waals surface area contributed by atoms with E-state index in [2.05, 4.69) is 5.32 Å². The van der Waals surface area contributed by atoms with Crippen molar-refractivity contribution in [3.63, 3.8) is 0 Å². The Bertz CT molecular complexity index is 1400. The van der Waals surface area contributed by atoms with Crippen molar-refractivity contribution < 1.29 is 17.9 Å². The third kappa shape index (κ3) is 4.99. The van der Waals surface area contributed by atoms with E-state index in [4.69, 9.17) is 4.74 Å². The van der Waals surface area contributed by atoms with Crippen LogP contribution in [0, 0.1) is 6.92 Å². The van der Waals surface area contributed by atoms with Crippen LogP contribution in [0.3, 0.4) is 0 Å². The number of rotatable bonds is 7. The van der Waals surface area contributed by atoms with E-state index >= 15 is 0 Å². The summed E-state index contributed by atoms with van der Waals surface area (Å²) < 4.78 is 33.4. The number of benzene rings is 4. The number of fused-ring (bicyclic) bond motifs is 1. The van der Waals surface area contributed by atoms with Gasteiger partial charge in [0.05, 0.1) is 17.7 Å². The Balaban J connectivity index is 1.66. The monoisotopic (exact) mass is 460 g/mol. The van der Waals surface area contributed by atoms with Gasteiger partial charge in [-0.25, -0.2) is 8.42 Å². The highest BCUT2D eigenvalue weighted by molar-refractivity contribution is 7.92. The number of nitrogens with one attached hydrogen (secondary N) is 1. The number of carbonyl (C=O) groups is 1. The molecule has 7 heteroatoms. The molecule has 1 amide bonds. The lowest BCUT2D eigenvalue weighted by molar-refractivity contribution is -0.114. The minimum atomic E-state index is -4.00. The summed E-state index contributed by atoms with van der Waals surface area (Å²) in [7, 11) is -2.50. The van der Waals surface area contributed by atoms with E-state index in [1.165, 1.54) is 7.11 Å². The van der Waals surface area contributed by atoms with Gasteiger partial charge >= 0.3 is 0 Å². The smallest absolute Gasteiger partial charge is 0.264 e. The van der Waals surface area contributed by atoms with Crippen molar-refractivity contribution in [2.24, 2.45) is 0 Å². The molecule has 4 aromatic rings. The zero-order valence-electron chi connectivity index (χ0n) is 18.4. The third-order valence-electron chi connectivity index (χ3n) is 5.27. The third-order valence-corrected chi connectivity index (χ3v) is 7.06. The first-order valence-electron chi connectivity index (χ1n) is 10.4. The minimum absolute atomic E-state index is 0.106. The lowest BCUT2D eigenvalue weighted by Gasteiger charge is -2.24. The highest BCUT2D eigenvalue weighted by atomic mass is 32.2. The first-order chi connectivity index (χ1) is 15.9. The van der Waals surface area contributed by atoms with Crippen molar-refractivity contribution in [1.82, 2.24) is 0 Å². The molecule has 33 heavy (non-hydrogen) atoms. The molecule has 0 fully saturated rings. The van der Waals surface area contributed by atoms with Gasteiger partial charge in [0.15, 0.2) is 0 Å². The van der Waals surface area contributed by atoms with E-state index in [1.807, 2.05) is 43.3 Å². The zero-order valence-corrected chi connectivity index (χ0v) is 19.2. The van der Waals surface area contributed by atoms with Crippen molar-refractivity contribution in [3.05, 3.63) is 96.6 Å². The number of nitrogens with zero attached hydrogens (tertiary/aromatic N) is 1. The van der Waals surface area contributed by atoms with Crippen LogP contribution in [0.4, 0.5) is 11.4 Å². The Morgan fingerprint density at radius 1 is 0.879 bits per heavy atom. The van der Waals surface area contributed by atoms with Crippen molar-refractivity contribution >= 4 is 38.1 Å². The summed E-state index contributed by atoms with van der Waals surface area (Å²) in [6.45, 7) is 1.49. The molecule has 0 aliphatic carbocycles. The molecule has 0 atom stereocenters. The molecular weight excluding hydrogens is 436 g/mol. The highest BCUT2D eigenvalue weighted by Crippen LogP contribution is 2.27. The van der Waals surface area contributed by atoms with E-state index in [0.717, 1.165) is 20.6 Å². The number of ether oxygens (including phenoxy) is 1. The first-order valence-corrected chi connectivity index (χ1v) is 11.8. The SMILES string of the molecule is COc1cccc(N(CC(=O)Nc2ccc3ccccc3c2)S(=O)(=O)c2ccc(C)cc2)c1. The summed E-state index contributed by atoms with van der Waals surface area (Å²) in [5.41, 5.74) is 1.87. The Kier molecular flexibility index (Phi) is 6.33. The van der Waals surface area contributed by atoms with Crippen molar-refractivity contribution in [2.45, 2.75) is 11.8 Å². The normalized spacial score (nSPS) is 11.2. The molecule has 0 saturated heterocycles. The molecule has 0 bridgehead atoms. The van der Waals surface area contributed by atoms with Crippen LogP contribution >= 0.6 is 0 Å². The van der Waals surface area contributed by atoms with Gasteiger partial charge in [-0.1, -0.05) is 54.1 Å². The Hall–Kier alpha value is -3.84. The van der Waals surface area contributed by atoms with Crippen LogP contribution in [0.25, 0.3) is 10.8 Å². The Labute approximate surface area is 193 Å². The number of anilines is 2. The number of hydrogen-bond donors (Lipinski definition) is 1. The fraction of sp³-hybridized carbons (Fsp3) is 0.115. The van der Waals surface area contributed by atoms with Gasteiger partial charge in [0.25, 0.3) is 10.0 Å². The predicted molar refractivity (Wildman–Crippen MR) is 131 cm³/mol.